The van der Waals surface area contributed by atoms with Crippen molar-refractivity contribution in [2.45, 2.75) is 38.8 Å². The molecule has 1 aromatic rings. The second-order valence-corrected chi connectivity index (χ2v) is 6.30. The van der Waals surface area contributed by atoms with Crippen molar-refractivity contribution in [1.82, 2.24) is 4.90 Å². The molecule has 0 spiro atoms. The van der Waals surface area contributed by atoms with Gasteiger partial charge in [-0.25, -0.2) is 0 Å². The quantitative estimate of drug-likeness (QED) is 0.792. The molecule has 0 amide bonds. The number of aliphatic hydroxyl groups excluding tert-OH is 1. The average Bonchev–Trinajstić information content (AvgIpc) is 3.22. The molecule has 1 atom stereocenters. The number of nitrogens with two attached hydrogens (primary N) is 1. The summed E-state index contributed by atoms with van der Waals surface area (Å²) in [7, 11) is 0. The summed E-state index contributed by atoms with van der Waals surface area (Å²) in [6, 6.07) is 11.0. The lowest BCUT2D eigenvalue weighted by molar-refractivity contribution is 0.120. The van der Waals surface area contributed by atoms with Gasteiger partial charge in [0.2, 0.25) is 0 Å². The van der Waals surface area contributed by atoms with E-state index in [-0.39, 0.29) is 18.1 Å². The van der Waals surface area contributed by atoms with Crippen LogP contribution >= 0.6 is 0 Å². The fraction of sp³-hybridized carbons (Fsp3) is 0.625. The van der Waals surface area contributed by atoms with Crippen molar-refractivity contribution < 1.29 is 5.11 Å². The van der Waals surface area contributed by atoms with Gasteiger partial charge in [-0.3, -0.25) is 4.90 Å². The van der Waals surface area contributed by atoms with Gasteiger partial charge in [0, 0.05) is 25.2 Å². The van der Waals surface area contributed by atoms with Crippen LogP contribution in [0.2, 0.25) is 0 Å². The van der Waals surface area contributed by atoms with Gasteiger partial charge in [0.25, 0.3) is 0 Å². The first kappa shape index (κ1) is 14.5. The van der Waals surface area contributed by atoms with Gasteiger partial charge in [0.05, 0.1) is 6.61 Å². The number of hydrogen-bond acceptors (Lipinski definition) is 3. The summed E-state index contributed by atoms with van der Waals surface area (Å²) in [5.41, 5.74) is 7.64. The van der Waals surface area contributed by atoms with Gasteiger partial charge >= 0.3 is 0 Å². The number of hydrogen-bond donors (Lipinski definition) is 2. The second kappa shape index (κ2) is 6.04. The van der Waals surface area contributed by atoms with Gasteiger partial charge in [-0.1, -0.05) is 44.2 Å². The minimum Gasteiger partial charge on any atom is -0.395 e. The van der Waals surface area contributed by atoms with Crippen molar-refractivity contribution >= 4 is 0 Å². The molecule has 3 N–H and O–H groups in total. The summed E-state index contributed by atoms with van der Waals surface area (Å²) in [6.07, 6.45) is 2.52. The molecular weight excluding hydrogens is 236 g/mol. The van der Waals surface area contributed by atoms with E-state index in [1.54, 1.807) is 0 Å². The molecule has 1 unspecified atom stereocenters. The molecule has 1 fully saturated rings. The summed E-state index contributed by atoms with van der Waals surface area (Å²) in [5.74, 6) is 0. The van der Waals surface area contributed by atoms with E-state index in [1.807, 2.05) is 18.2 Å². The summed E-state index contributed by atoms with van der Waals surface area (Å²) in [5, 5.41) is 9.19. The highest BCUT2D eigenvalue weighted by Gasteiger charge is 2.35. The molecule has 1 aliphatic rings. The Morgan fingerprint density at radius 1 is 1.32 bits per heavy atom. The second-order valence-electron chi connectivity index (χ2n) is 6.30. The van der Waals surface area contributed by atoms with Crippen molar-refractivity contribution in [1.29, 1.82) is 0 Å². The van der Waals surface area contributed by atoms with E-state index in [0.717, 1.165) is 13.1 Å². The third-order valence-corrected chi connectivity index (χ3v) is 4.06. The van der Waals surface area contributed by atoms with Crippen molar-refractivity contribution in [3.05, 3.63) is 35.9 Å². The predicted octanol–water partition coefficient (Wildman–Crippen LogP) is 2.17. The molecule has 0 radical (unpaired) electrons. The maximum Gasteiger partial charge on any atom is 0.0558 e. The highest BCUT2D eigenvalue weighted by Crippen LogP contribution is 2.35. The summed E-state index contributed by atoms with van der Waals surface area (Å²) in [4.78, 5) is 2.39. The molecule has 0 heterocycles. The molecule has 2 rings (SSSR count). The van der Waals surface area contributed by atoms with Crippen LogP contribution in [0.4, 0.5) is 0 Å². The largest absolute Gasteiger partial charge is 0.395 e. The Bertz CT molecular complexity index is 387. The van der Waals surface area contributed by atoms with E-state index < -0.39 is 0 Å². The van der Waals surface area contributed by atoms with Gasteiger partial charge < -0.3 is 10.8 Å². The molecule has 1 aromatic carbocycles. The molecule has 19 heavy (non-hydrogen) atoms. The Morgan fingerprint density at radius 3 is 2.47 bits per heavy atom. The minimum atomic E-state index is -0.000880. The van der Waals surface area contributed by atoms with Crippen molar-refractivity contribution in [2.24, 2.45) is 11.1 Å². The number of benzene rings is 1. The fourth-order valence-electron chi connectivity index (χ4n) is 2.69. The van der Waals surface area contributed by atoms with E-state index in [9.17, 15) is 5.11 Å². The van der Waals surface area contributed by atoms with E-state index >= 15 is 0 Å². The first-order valence-electron chi connectivity index (χ1n) is 7.20. The minimum absolute atomic E-state index is 0.000880. The van der Waals surface area contributed by atoms with E-state index in [0.29, 0.717) is 6.04 Å². The maximum absolute atomic E-state index is 9.19. The Morgan fingerprint density at radius 2 is 1.95 bits per heavy atom. The van der Waals surface area contributed by atoms with E-state index in [4.69, 9.17) is 5.73 Å². The first-order chi connectivity index (χ1) is 9.04. The molecule has 0 saturated heterocycles. The zero-order chi connectivity index (χ0) is 13.9. The topological polar surface area (TPSA) is 49.5 Å². The maximum atomic E-state index is 9.19. The van der Waals surface area contributed by atoms with Crippen LogP contribution in [0.5, 0.6) is 0 Å². The smallest absolute Gasteiger partial charge is 0.0558 e. The molecular formula is C16H26N2O. The highest BCUT2D eigenvalue weighted by molar-refractivity contribution is 5.20. The highest BCUT2D eigenvalue weighted by atomic mass is 16.3. The van der Waals surface area contributed by atoms with Gasteiger partial charge in [-0.2, -0.15) is 0 Å². The molecule has 106 valence electrons. The molecule has 1 saturated carbocycles. The Balaban J connectivity index is 2.03. The van der Waals surface area contributed by atoms with E-state index in [1.165, 1.54) is 18.4 Å². The van der Waals surface area contributed by atoms with Gasteiger partial charge in [-0.15, -0.1) is 0 Å². The lowest BCUT2D eigenvalue weighted by Gasteiger charge is -2.37. The Labute approximate surface area is 116 Å². The van der Waals surface area contributed by atoms with Crippen molar-refractivity contribution in [3.8, 4) is 0 Å². The zero-order valence-corrected chi connectivity index (χ0v) is 12.0. The SMILES string of the molecule is CC(C)(CN(CCO)C1CC1)C(N)c1ccccc1. The van der Waals surface area contributed by atoms with Crippen LogP contribution in [0.15, 0.2) is 30.3 Å². The summed E-state index contributed by atoms with van der Waals surface area (Å²) < 4.78 is 0. The van der Waals surface area contributed by atoms with Crippen LogP contribution in [-0.2, 0) is 0 Å². The zero-order valence-electron chi connectivity index (χ0n) is 12.0. The average molecular weight is 262 g/mol. The Hall–Kier alpha value is -0.900. The Kier molecular flexibility index (Phi) is 4.61. The van der Waals surface area contributed by atoms with Crippen LogP contribution in [0.3, 0.4) is 0 Å². The van der Waals surface area contributed by atoms with Gasteiger partial charge in [0.15, 0.2) is 0 Å². The lowest BCUT2D eigenvalue weighted by Crippen LogP contribution is -2.43. The number of nitrogens with zero attached hydrogens (tertiary/aromatic N) is 1. The number of aliphatic hydroxyl groups is 1. The molecule has 0 aromatic heterocycles. The predicted molar refractivity (Wildman–Crippen MR) is 78.8 cm³/mol. The third kappa shape index (κ3) is 3.78. The van der Waals surface area contributed by atoms with Crippen LogP contribution in [0.25, 0.3) is 0 Å². The molecule has 3 nitrogen and oxygen atoms in total. The van der Waals surface area contributed by atoms with Gasteiger partial charge in [0.1, 0.15) is 0 Å². The normalized spacial score (nSPS) is 17.7. The lowest BCUT2D eigenvalue weighted by atomic mass is 9.80. The summed E-state index contributed by atoms with van der Waals surface area (Å²) in [6.45, 7) is 6.37. The van der Waals surface area contributed by atoms with Crippen LogP contribution in [0, 0.1) is 5.41 Å². The number of rotatable bonds is 7. The van der Waals surface area contributed by atoms with E-state index in [2.05, 4.69) is 30.9 Å². The third-order valence-electron chi connectivity index (χ3n) is 4.06. The summed E-state index contributed by atoms with van der Waals surface area (Å²) >= 11 is 0. The monoisotopic (exact) mass is 262 g/mol. The molecule has 0 bridgehead atoms. The van der Waals surface area contributed by atoms with Crippen molar-refractivity contribution in [3.63, 3.8) is 0 Å². The standard InChI is InChI=1S/C16H26N2O/c1-16(2,12-18(10-11-19)14-8-9-14)15(17)13-6-4-3-5-7-13/h3-7,14-15,19H,8-12,17H2,1-2H3. The first-order valence-corrected chi connectivity index (χ1v) is 7.20. The van der Waals surface area contributed by atoms with Crippen molar-refractivity contribution in [2.75, 3.05) is 19.7 Å². The fourth-order valence-corrected chi connectivity index (χ4v) is 2.69. The van der Waals surface area contributed by atoms with Crippen LogP contribution in [-0.4, -0.2) is 35.7 Å². The van der Waals surface area contributed by atoms with Crippen LogP contribution < -0.4 is 5.73 Å². The van der Waals surface area contributed by atoms with Gasteiger partial charge in [-0.05, 0) is 23.8 Å². The van der Waals surface area contributed by atoms with Crippen LogP contribution in [0.1, 0.15) is 38.3 Å². The molecule has 3 heteroatoms. The molecule has 0 aliphatic heterocycles. The molecule has 1 aliphatic carbocycles.